The van der Waals surface area contributed by atoms with Gasteiger partial charge in [0, 0.05) is 33.0 Å². The number of furan rings is 1. The van der Waals surface area contributed by atoms with Crippen LogP contribution in [-0.2, 0) is 5.41 Å². The third-order valence-electron chi connectivity index (χ3n) is 10.9. The molecule has 0 amide bonds. The molecule has 1 heterocycles. The Bertz CT molecular complexity index is 2790. The maximum absolute atomic E-state index is 6.55. The largest absolute Gasteiger partial charge is 0.456 e. The summed E-state index contributed by atoms with van der Waals surface area (Å²) in [5.74, 6) is 0. The Morgan fingerprint density at radius 1 is 0.451 bits per heavy atom. The molecule has 1 aliphatic carbocycles. The van der Waals surface area contributed by atoms with Crippen LogP contribution >= 0.6 is 0 Å². The van der Waals surface area contributed by atoms with Gasteiger partial charge in [0.15, 0.2) is 0 Å². The number of benzene rings is 8. The fourth-order valence-electron chi connectivity index (χ4n) is 8.40. The molecule has 51 heavy (non-hydrogen) atoms. The number of para-hydroxylation sites is 2. The Hall–Kier alpha value is -6.38. The van der Waals surface area contributed by atoms with E-state index in [4.69, 9.17) is 4.42 Å². The van der Waals surface area contributed by atoms with Crippen LogP contribution in [-0.4, -0.2) is 0 Å². The second-order valence-corrected chi connectivity index (χ2v) is 14.1. The van der Waals surface area contributed by atoms with Crippen LogP contribution in [0.4, 0.5) is 17.1 Å². The topological polar surface area (TPSA) is 16.4 Å². The summed E-state index contributed by atoms with van der Waals surface area (Å²) in [4.78, 5) is 2.48. The minimum absolute atomic E-state index is 0.140. The third-order valence-corrected chi connectivity index (χ3v) is 10.9. The van der Waals surface area contributed by atoms with Crippen LogP contribution in [0.3, 0.4) is 0 Å². The molecule has 0 spiro atoms. The predicted octanol–water partition coefficient (Wildman–Crippen LogP) is 13.8. The molecular formula is C49H35NO. The summed E-state index contributed by atoms with van der Waals surface area (Å²) in [6.07, 6.45) is 0. The van der Waals surface area contributed by atoms with Gasteiger partial charge < -0.3 is 9.32 Å². The molecule has 1 aromatic heterocycles. The van der Waals surface area contributed by atoms with Crippen molar-refractivity contribution < 1.29 is 4.42 Å². The highest BCUT2D eigenvalue weighted by Crippen LogP contribution is 2.53. The Kier molecular flexibility index (Phi) is 6.56. The summed E-state index contributed by atoms with van der Waals surface area (Å²) in [5, 5.41) is 4.66. The lowest BCUT2D eigenvalue weighted by atomic mass is 9.82. The number of fused-ring (bicyclic) bond motifs is 7. The van der Waals surface area contributed by atoms with E-state index in [0.29, 0.717) is 0 Å². The number of hydrogen-bond acceptors (Lipinski definition) is 2. The van der Waals surface area contributed by atoms with E-state index in [1.165, 1.54) is 44.2 Å². The Labute approximate surface area is 297 Å². The molecule has 0 atom stereocenters. The summed E-state index contributed by atoms with van der Waals surface area (Å²) in [7, 11) is 0. The van der Waals surface area contributed by atoms with Gasteiger partial charge in [-0.2, -0.15) is 0 Å². The second kappa shape index (κ2) is 11.3. The summed E-state index contributed by atoms with van der Waals surface area (Å²) < 4.78 is 6.55. The van der Waals surface area contributed by atoms with Gasteiger partial charge in [-0.3, -0.25) is 0 Å². The molecule has 0 aliphatic heterocycles. The van der Waals surface area contributed by atoms with E-state index in [-0.39, 0.29) is 5.41 Å². The van der Waals surface area contributed by atoms with Gasteiger partial charge in [-0.1, -0.05) is 147 Å². The van der Waals surface area contributed by atoms with Gasteiger partial charge in [0.2, 0.25) is 0 Å². The summed E-state index contributed by atoms with van der Waals surface area (Å²) >= 11 is 0. The number of nitrogens with zero attached hydrogens (tertiary/aromatic N) is 1. The van der Waals surface area contributed by atoms with Crippen LogP contribution < -0.4 is 4.90 Å². The number of rotatable bonds is 5. The minimum Gasteiger partial charge on any atom is -0.456 e. The van der Waals surface area contributed by atoms with E-state index in [1.54, 1.807) is 0 Å². The highest BCUT2D eigenvalue weighted by molar-refractivity contribution is 6.17. The average Bonchev–Trinajstić information content (AvgIpc) is 3.67. The zero-order chi connectivity index (χ0) is 34.1. The van der Waals surface area contributed by atoms with Crippen molar-refractivity contribution >= 4 is 49.8 Å². The van der Waals surface area contributed by atoms with E-state index in [1.807, 2.05) is 6.07 Å². The quantitative estimate of drug-likeness (QED) is 0.184. The molecule has 0 radical (unpaired) electrons. The van der Waals surface area contributed by atoms with Crippen LogP contribution in [0.2, 0.25) is 0 Å². The van der Waals surface area contributed by atoms with Crippen molar-refractivity contribution in [3.63, 3.8) is 0 Å². The van der Waals surface area contributed by atoms with Gasteiger partial charge in [-0.25, -0.2) is 0 Å². The first-order valence-corrected chi connectivity index (χ1v) is 17.7. The molecule has 2 nitrogen and oxygen atoms in total. The van der Waals surface area contributed by atoms with Gasteiger partial charge in [0.1, 0.15) is 11.2 Å². The van der Waals surface area contributed by atoms with Crippen molar-refractivity contribution in [2.24, 2.45) is 0 Å². The number of hydrogen-bond donors (Lipinski definition) is 0. The Morgan fingerprint density at radius 2 is 1.16 bits per heavy atom. The average molecular weight is 654 g/mol. The van der Waals surface area contributed by atoms with E-state index in [0.717, 1.165) is 50.1 Å². The fourth-order valence-corrected chi connectivity index (χ4v) is 8.40. The molecule has 1 aliphatic rings. The van der Waals surface area contributed by atoms with Crippen LogP contribution in [0.5, 0.6) is 0 Å². The van der Waals surface area contributed by atoms with Gasteiger partial charge >= 0.3 is 0 Å². The van der Waals surface area contributed by atoms with Gasteiger partial charge in [0.25, 0.3) is 0 Å². The summed E-state index contributed by atoms with van der Waals surface area (Å²) in [6, 6.07) is 63.7. The standard InChI is InChI=1S/C49H35NO/c1-49(2)41-21-11-8-19-38(41)39-27-26-36(31-42(39)49)50(43-22-12-9-18-37(43)33-15-4-3-5-16-33)44-28-29-46-48(40-20-10-13-23-45(40)51-46)47(44)35-25-24-32-14-6-7-17-34(32)30-35/h3-31H,1-2H3. The van der Waals surface area contributed by atoms with E-state index in [9.17, 15) is 0 Å². The molecule has 0 fully saturated rings. The third kappa shape index (κ3) is 4.57. The molecular weight excluding hydrogens is 619 g/mol. The Morgan fingerprint density at radius 3 is 2.04 bits per heavy atom. The van der Waals surface area contributed by atoms with Crippen molar-refractivity contribution in [2.45, 2.75) is 19.3 Å². The zero-order valence-corrected chi connectivity index (χ0v) is 28.6. The van der Waals surface area contributed by atoms with Crippen molar-refractivity contribution in [1.82, 2.24) is 0 Å². The monoisotopic (exact) mass is 653 g/mol. The van der Waals surface area contributed by atoms with Crippen molar-refractivity contribution in [3.8, 4) is 33.4 Å². The highest BCUT2D eigenvalue weighted by Gasteiger charge is 2.36. The number of anilines is 3. The lowest BCUT2D eigenvalue weighted by Gasteiger charge is -2.31. The first-order valence-electron chi connectivity index (χ1n) is 17.7. The van der Waals surface area contributed by atoms with Gasteiger partial charge in [-0.15, -0.1) is 0 Å². The van der Waals surface area contributed by atoms with Crippen molar-refractivity contribution in [1.29, 1.82) is 0 Å². The van der Waals surface area contributed by atoms with E-state index in [2.05, 4.69) is 189 Å². The normalized spacial score (nSPS) is 13.1. The predicted molar refractivity (Wildman–Crippen MR) is 214 cm³/mol. The van der Waals surface area contributed by atoms with E-state index < -0.39 is 0 Å². The van der Waals surface area contributed by atoms with Crippen LogP contribution in [0, 0.1) is 0 Å². The van der Waals surface area contributed by atoms with Crippen LogP contribution in [0.25, 0.3) is 66.1 Å². The smallest absolute Gasteiger partial charge is 0.136 e. The summed E-state index contributed by atoms with van der Waals surface area (Å²) in [5.41, 5.74) is 14.9. The minimum atomic E-state index is -0.140. The lowest BCUT2D eigenvalue weighted by Crippen LogP contribution is -2.17. The lowest BCUT2D eigenvalue weighted by molar-refractivity contribution is 0.660. The van der Waals surface area contributed by atoms with Crippen molar-refractivity contribution in [3.05, 3.63) is 187 Å². The first kappa shape index (κ1) is 29.5. The molecule has 8 aromatic carbocycles. The highest BCUT2D eigenvalue weighted by atomic mass is 16.3. The molecule has 9 aromatic rings. The molecule has 242 valence electrons. The molecule has 0 unspecified atom stereocenters. The van der Waals surface area contributed by atoms with Crippen LogP contribution in [0.15, 0.2) is 180 Å². The SMILES string of the molecule is CC1(C)c2ccccc2-c2ccc(N(c3ccccc3-c3ccccc3)c3ccc4oc5ccccc5c4c3-c3ccc4ccccc4c3)cc21. The molecule has 0 saturated carbocycles. The second-order valence-electron chi connectivity index (χ2n) is 14.1. The molecule has 0 N–H and O–H groups in total. The zero-order valence-electron chi connectivity index (χ0n) is 28.6. The van der Waals surface area contributed by atoms with Crippen molar-refractivity contribution in [2.75, 3.05) is 4.90 Å². The summed E-state index contributed by atoms with van der Waals surface area (Å²) in [6.45, 7) is 4.71. The van der Waals surface area contributed by atoms with E-state index >= 15 is 0 Å². The molecule has 2 heteroatoms. The van der Waals surface area contributed by atoms with Crippen LogP contribution in [0.1, 0.15) is 25.0 Å². The molecule has 0 saturated heterocycles. The fraction of sp³-hybridized carbons (Fsp3) is 0.0612. The van der Waals surface area contributed by atoms with Gasteiger partial charge in [-0.05, 0) is 86.6 Å². The molecule has 10 rings (SSSR count). The molecule has 0 bridgehead atoms. The maximum atomic E-state index is 6.55. The van der Waals surface area contributed by atoms with Gasteiger partial charge in [0.05, 0.1) is 11.4 Å². The Balaban J connectivity index is 1.31. The maximum Gasteiger partial charge on any atom is 0.136 e. The first-order chi connectivity index (χ1) is 25.1.